The number of rotatable bonds is 8. The van der Waals surface area contributed by atoms with Gasteiger partial charge >= 0.3 is 0 Å². The molecule has 0 unspecified atom stereocenters. The van der Waals surface area contributed by atoms with E-state index in [9.17, 15) is 0 Å². The quantitative estimate of drug-likeness (QED) is 0.141. The van der Waals surface area contributed by atoms with Crippen LogP contribution in [0.1, 0.15) is 88.1 Å². The number of benzene rings is 13. The molecule has 2 aliphatic carbocycles. The molecule has 23 rings (SSSR count). The first-order valence-electron chi connectivity index (χ1n) is 37.1. The lowest BCUT2D eigenvalue weighted by Crippen LogP contribution is -2.27. The molecule has 0 fully saturated rings. The van der Waals surface area contributed by atoms with Crippen LogP contribution >= 0.6 is 0 Å². The molecular weight excluding hydrogens is 1320 g/mol. The second-order valence-electron chi connectivity index (χ2n) is 30.6. The average molecular weight is 1380 g/mol. The van der Waals surface area contributed by atoms with Gasteiger partial charge in [0.05, 0.1) is 68.0 Å². The van der Waals surface area contributed by atoms with Crippen LogP contribution in [-0.4, -0.2) is 44.4 Å². The van der Waals surface area contributed by atoms with Gasteiger partial charge in [0.25, 0.3) is 0 Å². The van der Waals surface area contributed by atoms with Gasteiger partial charge < -0.3 is 13.7 Å². The largest absolute Gasteiger partial charge is 0.309 e. The summed E-state index contributed by atoms with van der Waals surface area (Å²) in [6.07, 6.45) is 6.02. The third-order valence-electron chi connectivity index (χ3n) is 24.4. The number of fused-ring (bicyclic) bond motifs is 23. The normalized spacial score (nSPS) is 14.2. The lowest BCUT2D eigenvalue weighted by atomic mass is 9.70. The van der Waals surface area contributed by atoms with E-state index in [1.807, 2.05) is 60.9 Å². The molecule has 2 aliphatic heterocycles. The van der Waals surface area contributed by atoms with Crippen molar-refractivity contribution in [1.29, 1.82) is 0 Å². The standard InChI is InChI=1S/C99H64N8O/c1-97(2)78-43-42-71(90-72-46-47-100-55-88(72)107(92(78)90)86-44-38-62(50-80(86)97)93(108)61-37-40-68-67-30-16-20-34-77(67)99(79(68)49-61)75-32-18-14-28-65(75)66-29-15-19-33-76(66)99)83-54-81-89(56-101-83)106-85-45-39-64(105-84-35-21-17-31-69(84)70-41-36-60(52-87(70)105)57-22-8-5-9-23-57)53-73(85)74-48-63(51-82(91(74)106)98(81,3)4)96-103-94(58-24-10-6-11-25-58)102-95(104-96)59-26-12-7-13-27-59/h5-56H,1-4H3. The number of hydrogen-bond donors (Lipinski definition) is 0. The van der Waals surface area contributed by atoms with Crippen molar-refractivity contribution < 1.29 is 4.79 Å². The average Bonchev–Trinajstić information content (AvgIpc) is 1.50. The molecule has 0 N–H and O–H groups in total. The van der Waals surface area contributed by atoms with Gasteiger partial charge in [0.2, 0.25) is 0 Å². The topological polar surface area (TPSA) is 96.3 Å². The van der Waals surface area contributed by atoms with Crippen LogP contribution in [0, 0.1) is 0 Å². The van der Waals surface area contributed by atoms with Crippen molar-refractivity contribution >= 4 is 71.2 Å². The summed E-state index contributed by atoms with van der Waals surface area (Å²) < 4.78 is 7.29. The van der Waals surface area contributed by atoms with Gasteiger partial charge in [-0.25, -0.2) is 15.0 Å². The van der Waals surface area contributed by atoms with Gasteiger partial charge in [0.15, 0.2) is 23.3 Å². The summed E-state index contributed by atoms with van der Waals surface area (Å²) in [5.41, 5.74) is 30.5. The van der Waals surface area contributed by atoms with E-state index in [2.05, 4.69) is 296 Å². The maximum absolute atomic E-state index is 15.6. The summed E-state index contributed by atoms with van der Waals surface area (Å²) in [5, 5.41) is 6.77. The Labute approximate surface area is 622 Å². The van der Waals surface area contributed by atoms with Crippen molar-refractivity contribution in [2.24, 2.45) is 0 Å². The maximum atomic E-state index is 15.6. The molecule has 0 amide bonds. The molecule has 0 saturated carbocycles. The van der Waals surface area contributed by atoms with Crippen molar-refractivity contribution in [2.75, 3.05) is 0 Å². The van der Waals surface area contributed by atoms with Gasteiger partial charge in [-0.05, 0) is 157 Å². The highest BCUT2D eigenvalue weighted by Gasteiger charge is 2.52. The fraction of sp³-hybridized carbons (Fsp3) is 0.0707. The Balaban J connectivity index is 0.690. The van der Waals surface area contributed by atoms with Crippen LogP contribution < -0.4 is 0 Å². The number of carbonyl (C=O) groups excluding carboxylic acids is 1. The summed E-state index contributed by atoms with van der Waals surface area (Å²) in [7, 11) is 0. The number of nitrogens with zero attached hydrogens (tertiary/aromatic N) is 8. The van der Waals surface area contributed by atoms with Gasteiger partial charge in [0, 0.05) is 88.4 Å². The number of aromatic nitrogens is 8. The first kappa shape index (κ1) is 60.6. The predicted octanol–water partition coefficient (Wildman–Crippen LogP) is 23.1. The Bertz CT molecular complexity index is 7080. The molecule has 506 valence electrons. The summed E-state index contributed by atoms with van der Waals surface area (Å²) in [6, 6.07) is 107. The minimum atomic E-state index is -0.592. The number of ketones is 1. The fourth-order valence-corrected chi connectivity index (χ4v) is 19.4. The van der Waals surface area contributed by atoms with Crippen LogP contribution in [0.5, 0.6) is 0 Å². The van der Waals surface area contributed by atoms with Crippen LogP contribution in [0.4, 0.5) is 0 Å². The van der Waals surface area contributed by atoms with Gasteiger partial charge in [-0.3, -0.25) is 14.8 Å². The van der Waals surface area contributed by atoms with E-state index in [1.54, 1.807) is 0 Å². The van der Waals surface area contributed by atoms with Crippen LogP contribution in [0.3, 0.4) is 0 Å². The lowest BCUT2D eigenvalue weighted by molar-refractivity contribution is 0.103. The zero-order valence-corrected chi connectivity index (χ0v) is 59.5. The Kier molecular flexibility index (Phi) is 12.3. The van der Waals surface area contributed by atoms with E-state index >= 15 is 4.79 Å². The van der Waals surface area contributed by atoms with Crippen molar-refractivity contribution in [3.8, 4) is 95.9 Å². The Morgan fingerprint density at radius 3 is 1.56 bits per heavy atom. The molecular formula is C99H64N8O. The molecule has 0 radical (unpaired) electrons. The molecule has 108 heavy (non-hydrogen) atoms. The first-order chi connectivity index (χ1) is 53.0. The number of para-hydroxylation sites is 1. The molecule has 0 saturated heterocycles. The van der Waals surface area contributed by atoms with Gasteiger partial charge in [0.1, 0.15) is 0 Å². The highest BCUT2D eigenvalue weighted by atomic mass is 16.1. The van der Waals surface area contributed by atoms with E-state index in [1.165, 1.54) is 49.7 Å². The predicted molar refractivity (Wildman–Crippen MR) is 436 cm³/mol. The second-order valence-corrected chi connectivity index (χ2v) is 30.6. The van der Waals surface area contributed by atoms with E-state index in [4.69, 9.17) is 24.9 Å². The number of carbonyl (C=O) groups is 1. The molecule has 0 atom stereocenters. The monoisotopic (exact) mass is 1380 g/mol. The minimum Gasteiger partial charge on any atom is -0.309 e. The fourth-order valence-electron chi connectivity index (χ4n) is 19.4. The zero-order chi connectivity index (χ0) is 71.6. The third kappa shape index (κ3) is 8.13. The summed E-state index contributed by atoms with van der Waals surface area (Å²) in [6.45, 7) is 9.34. The van der Waals surface area contributed by atoms with Crippen LogP contribution in [-0.2, 0) is 16.2 Å². The van der Waals surface area contributed by atoms with E-state index in [-0.39, 0.29) is 5.78 Å². The molecule has 0 bridgehead atoms. The highest BCUT2D eigenvalue weighted by molar-refractivity contribution is 6.19. The molecule has 8 heterocycles. The Morgan fingerprint density at radius 2 is 0.870 bits per heavy atom. The van der Waals surface area contributed by atoms with Crippen LogP contribution in [0.2, 0.25) is 0 Å². The van der Waals surface area contributed by atoms with E-state index in [0.29, 0.717) is 28.6 Å². The van der Waals surface area contributed by atoms with Crippen molar-refractivity contribution in [1.82, 2.24) is 38.6 Å². The maximum Gasteiger partial charge on any atom is 0.193 e. The summed E-state index contributed by atoms with van der Waals surface area (Å²) in [5.74, 6) is 1.79. The first-order valence-corrected chi connectivity index (χ1v) is 37.1. The van der Waals surface area contributed by atoms with Gasteiger partial charge in [-0.15, -0.1) is 0 Å². The third-order valence-corrected chi connectivity index (χ3v) is 24.4. The van der Waals surface area contributed by atoms with Crippen molar-refractivity contribution in [3.63, 3.8) is 0 Å². The Morgan fingerprint density at radius 1 is 0.315 bits per heavy atom. The molecule has 13 aromatic carbocycles. The molecule has 4 aliphatic rings. The summed E-state index contributed by atoms with van der Waals surface area (Å²) in [4.78, 5) is 42.0. The second kappa shape index (κ2) is 21.9. The molecule has 9 heteroatoms. The number of pyridine rings is 2. The smallest absolute Gasteiger partial charge is 0.193 e. The van der Waals surface area contributed by atoms with E-state index < -0.39 is 16.2 Å². The highest BCUT2D eigenvalue weighted by Crippen LogP contribution is 2.63. The summed E-state index contributed by atoms with van der Waals surface area (Å²) >= 11 is 0. The zero-order valence-electron chi connectivity index (χ0n) is 59.5. The van der Waals surface area contributed by atoms with E-state index in [0.717, 1.165) is 139 Å². The van der Waals surface area contributed by atoms with Gasteiger partial charge in [-0.2, -0.15) is 0 Å². The Hall–Kier alpha value is -13.8. The molecule has 6 aromatic heterocycles. The SMILES string of the molecule is CC1(C)c2cc(-c3ccc4c5c3c3ccncc3n5-c3ccc(C(=O)c5ccc6c(c5)C5(c7ccccc7-c7ccccc75)c5ccccc5-6)cc3C4(C)C)ncc2-n2c3ccc(-n4c5ccccc5c5ccc(-c6ccccc6)cc54)cc3c3cc(-c4nc(-c5ccccc5)nc(-c5ccccc5)n4)cc1c32. The van der Waals surface area contributed by atoms with Crippen molar-refractivity contribution in [2.45, 2.75) is 43.9 Å². The van der Waals surface area contributed by atoms with Crippen LogP contribution in [0.15, 0.2) is 316 Å². The molecule has 19 aromatic rings. The number of hydrogen-bond acceptors (Lipinski definition) is 6. The van der Waals surface area contributed by atoms with Crippen LogP contribution in [0.25, 0.3) is 161 Å². The molecule has 9 nitrogen and oxygen atoms in total. The van der Waals surface area contributed by atoms with Crippen molar-refractivity contribution in [3.05, 3.63) is 371 Å². The minimum absolute atomic E-state index is 0.0108. The van der Waals surface area contributed by atoms with Gasteiger partial charge in [-0.1, -0.05) is 246 Å². The lowest BCUT2D eigenvalue weighted by Gasteiger charge is -2.36. The molecule has 1 spiro atoms.